The summed E-state index contributed by atoms with van der Waals surface area (Å²) in [6.07, 6.45) is 0. The van der Waals surface area contributed by atoms with E-state index in [-0.39, 0.29) is 0 Å². The van der Waals surface area contributed by atoms with Gasteiger partial charge in [-0.25, -0.2) is 9.59 Å². The van der Waals surface area contributed by atoms with E-state index in [0.717, 1.165) is 0 Å². The van der Waals surface area contributed by atoms with Gasteiger partial charge >= 0.3 is 11.9 Å². The molecule has 0 amide bonds. The fourth-order valence-electron chi connectivity index (χ4n) is 0.796. The van der Waals surface area contributed by atoms with Crippen molar-refractivity contribution in [3.63, 3.8) is 0 Å². The van der Waals surface area contributed by atoms with Crippen LogP contribution in [0.15, 0.2) is 24.3 Å². The number of carbonyl (C=O) groups is 2. The molecule has 0 spiro atoms. The minimum Gasteiger partial charge on any atom is -0.447 e. The molecule has 108 valence electrons. The van der Waals surface area contributed by atoms with Crippen molar-refractivity contribution >= 4 is 43.8 Å². The highest BCUT2D eigenvalue weighted by Crippen LogP contribution is 2.37. The molecule has 0 rings (SSSR count). The van der Waals surface area contributed by atoms with Crippen LogP contribution in [0.1, 0.15) is 27.7 Å². The molecule has 0 aromatic carbocycles. The van der Waals surface area contributed by atoms with Crippen molar-refractivity contribution in [3.05, 3.63) is 24.3 Å². The van der Waals surface area contributed by atoms with E-state index in [2.05, 4.69) is 45.0 Å². The van der Waals surface area contributed by atoms with Gasteiger partial charge in [-0.2, -0.15) is 0 Å². The molecular weight excluding hydrogens is 380 g/mol. The number of halogens is 2. The van der Waals surface area contributed by atoms with E-state index >= 15 is 0 Å². The first kappa shape index (κ1) is 18.4. The van der Waals surface area contributed by atoms with Gasteiger partial charge in [-0.05, 0) is 45.7 Å². The van der Waals surface area contributed by atoms with Crippen molar-refractivity contribution in [2.75, 3.05) is 0 Å². The van der Waals surface area contributed by atoms with Gasteiger partial charge in [-0.3, -0.25) is 0 Å². The average Bonchev–Trinajstić information content (AvgIpc) is 2.27. The summed E-state index contributed by atoms with van der Waals surface area (Å²) >= 11 is 6.54. The highest BCUT2D eigenvalue weighted by Gasteiger charge is 2.40. The molecule has 0 aromatic rings. The first-order valence-electron chi connectivity index (χ1n) is 5.51. The third-order valence-corrected chi connectivity index (χ3v) is 5.02. The number of hydrogen-bond donors (Lipinski definition) is 0. The Kier molecular flexibility index (Phi) is 7.00. The predicted molar refractivity (Wildman–Crippen MR) is 81.0 cm³/mol. The van der Waals surface area contributed by atoms with Crippen molar-refractivity contribution in [2.45, 2.75) is 37.7 Å². The van der Waals surface area contributed by atoms with Crippen LogP contribution in [0, 0.1) is 5.41 Å². The van der Waals surface area contributed by atoms with Gasteiger partial charge in [0.25, 0.3) is 0 Å². The van der Waals surface area contributed by atoms with Crippen LogP contribution in [0.25, 0.3) is 0 Å². The summed E-state index contributed by atoms with van der Waals surface area (Å²) in [5.41, 5.74) is -0.0912. The zero-order chi connectivity index (χ0) is 15.4. The van der Waals surface area contributed by atoms with Gasteiger partial charge in [-0.15, -0.1) is 0 Å². The second kappa shape index (κ2) is 7.24. The molecule has 0 aliphatic rings. The lowest BCUT2D eigenvalue weighted by atomic mass is 9.96. The van der Waals surface area contributed by atoms with Gasteiger partial charge in [-0.1, -0.05) is 27.0 Å². The smallest absolute Gasteiger partial charge is 0.334 e. The Hall–Kier alpha value is -0.620. The zero-order valence-corrected chi connectivity index (χ0v) is 14.6. The Morgan fingerprint density at radius 1 is 0.947 bits per heavy atom. The summed E-state index contributed by atoms with van der Waals surface area (Å²) in [6, 6.07) is 0. The van der Waals surface area contributed by atoms with Crippen LogP contribution in [-0.4, -0.2) is 22.0 Å². The average molecular weight is 398 g/mol. The number of ether oxygens (including phenoxy) is 2. The lowest BCUT2D eigenvalue weighted by molar-refractivity contribution is -0.151. The summed E-state index contributed by atoms with van der Waals surface area (Å²) in [6.45, 7) is 13.7. The van der Waals surface area contributed by atoms with Crippen LogP contribution in [0.3, 0.4) is 0 Å². The Labute approximate surface area is 130 Å². The van der Waals surface area contributed by atoms with Crippen LogP contribution < -0.4 is 0 Å². The quantitative estimate of drug-likeness (QED) is 0.389. The van der Waals surface area contributed by atoms with E-state index in [1.54, 1.807) is 27.7 Å². The van der Waals surface area contributed by atoms with E-state index in [0.29, 0.717) is 11.1 Å². The molecule has 2 atom stereocenters. The first-order valence-corrected chi connectivity index (χ1v) is 7.34. The molecule has 6 heteroatoms. The fourth-order valence-corrected chi connectivity index (χ4v) is 1.97. The van der Waals surface area contributed by atoms with Crippen LogP contribution in [0.4, 0.5) is 0 Å². The Morgan fingerprint density at radius 2 is 1.21 bits per heavy atom. The number of esters is 2. The normalized spacial score (nSPS) is 14.2. The van der Waals surface area contributed by atoms with Gasteiger partial charge in [0.2, 0.25) is 0 Å². The molecule has 0 aromatic heterocycles. The first-order chi connectivity index (χ1) is 8.50. The SMILES string of the molecule is C=C(C)C(=O)OC(Br)C(C)(C)C(Br)OC(=O)C(=C)C. The molecule has 0 aliphatic heterocycles. The van der Waals surface area contributed by atoms with Crippen LogP contribution in [0.2, 0.25) is 0 Å². The van der Waals surface area contributed by atoms with Gasteiger partial charge in [0.15, 0.2) is 10.0 Å². The third kappa shape index (κ3) is 5.48. The van der Waals surface area contributed by atoms with Crippen molar-refractivity contribution in [2.24, 2.45) is 5.41 Å². The summed E-state index contributed by atoms with van der Waals surface area (Å²) in [5.74, 6) is -1.03. The number of carbonyl (C=O) groups excluding carboxylic acids is 2. The van der Waals surface area contributed by atoms with E-state index in [9.17, 15) is 9.59 Å². The maximum absolute atomic E-state index is 11.5. The van der Waals surface area contributed by atoms with Gasteiger partial charge in [0.1, 0.15) is 0 Å². The van der Waals surface area contributed by atoms with Crippen LogP contribution in [0.5, 0.6) is 0 Å². The monoisotopic (exact) mass is 396 g/mol. The minimum absolute atomic E-state index is 0.297. The highest BCUT2D eigenvalue weighted by molar-refractivity contribution is 9.10. The summed E-state index contributed by atoms with van der Waals surface area (Å²) in [4.78, 5) is 22.9. The van der Waals surface area contributed by atoms with Crippen molar-refractivity contribution < 1.29 is 19.1 Å². The Balaban J connectivity index is 4.75. The van der Waals surface area contributed by atoms with Gasteiger partial charge < -0.3 is 9.47 Å². The molecule has 0 heterocycles. The molecule has 0 saturated carbocycles. The largest absolute Gasteiger partial charge is 0.447 e. The molecule has 0 radical (unpaired) electrons. The van der Waals surface area contributed by atoms with Gasteiger partial charge in [0.05, 0.1) is 5.41 Å². The zero-order valence-electron chi connectivity index (χ0n) is 11.5. The van der Waals surface area contributed by atoms with Crippen molar-refractivity contribution in [3.8, 4) is 0 Å². The van der Waals surface area contributed by atoms with E-state index < -0.39 is 27.4 Å². The lowest BCUT2D eigenvalue weighted by Crippen LogP contribution is -2.39. The van der Waals surface area contributed by atoms with Gasteiger partial charge in [0, 0.05) is 11.1 Å². The van der Waals surface area contributed by atoms with E-state index in [1.807, 2.05) is 0 Å². The van der Waals surface area contributed by atoms with E-state index in [4.69, 9.17) is 9.47 Å². The number of alkyl halides is 2. The second-order valence-electron chi connectivity index (χ2n) is 4.82. The molecule has 0 fully saturated rings. The Morgan fingerprint density at radius 3 is 1.42 bits per heavy atom. The second-order valence-corrected chi connectivity index (χ2v) is 6.49. The fraction of sp³-hybridized carbons (Fsp3) is 0.538. The van der Waals surface area contributed by atoms with Crippen LogP contribution >= 0.6 is 31.9 Å². The molecular formula is C13H18Br2O4. The van der Waals surface area contributed by atoms with Crippen LogP contribution in [-0.2, 0) is 19.1 Å². The van der Waals surface area contributed by atoms with Crippen molar-refractivity contribution in [1.29, 1.82) is 0 Å². The maximum atomic E-state index is 11.5. The van der Waals surface area contributed by atoms with E-state index in [1.165, 1.54) is 0 Å². The molecule has 2 unspecified atom stereocenters. The molecule has 4 nitrogen and oxygen atoms in total. The summed E-state index contributed by atoms with van der Waals surface area (Å²) < 4.78 is 10.3. The molecule has 0 bridgehead atoms. The molecule has 0 aliphatic carbocycles. The Bertz CT molecular complexity index is 365. The third-order valence-electron chi connectivity index (χ3n) is 2.29. The number of hydrogen-bond acceptors (Lipinski definition) is 4. The summed E-state index contributed by atoms with van der Waals surface area (Å²) in [7, 11) is 0. The molecule has 0 N–H and O–H groups in total. The maximum Gasteiger partial charge on any atom is 0.334 e. The topological polar surface area (TPSA) is 52.6 Å². The standard InChI is InChI=1S/C13H18Br2O4/c1-7(2)9(16)18-11(14)13(5,6)12(15)19-10(17)8(3)4/h11-12H,1,3H2,2,4-6H3. The number of rotatable bonds is 6. The summed E-state index contributed by atoms with van der Waals surface area (Å²) in [5, 5.41) is -1.29. The molecule has 19 heavy (non-hydrogen) atoms. The lowest BCUT2D eigenvalue weighted by Gasteiger charge is -2.33. The minimum atomic E-state index is -0.684. The highest BCUT2D eigenvalue weighted by atomic mass is 79.9. The molecule has 0 saturated heterocycles. The van der Waals surface area contributed by atoms with Crippen molar-refractivity contribution in [1.82, 2.24) is 0 Å². The predicted octanol–water partition coefficient (Wildman–Crippen LogP) is 3.69.